The minimum absolute atomic E-state index is 0.309. The van der Waals surface area contributed by atoms with Gasteiger partial charge in [-0.1, -0.05) is 18.2 Å². The summed E-state index contributed by atoms with van der Waals surface area (Å²) >= 11 is 1.99. The van der Waals surface area contributed by atoms with Gasteiger partial charge in [-0.15, -0.1) is 0 Å². The first-order valence-electron chi connectivity index (χ1n) is 6.50. The van der Waals surface area contributed by atoms with Crippen molar-refractivity contribution < 1.29 is 9.50 Å². The second-order valence-electron chi connectivity index (χ2n) is 4.63. The van der Waals surface area contributed by atoms with E-state index in [2.05, 4.69) is 4.90 Å². The van der Waals surface area contributed by atoms with E-state index in [1.807, 2.05) is 11.8 Å². The van der Waals surface area contributed by atoms with Gasteiger partial charge >= 0.3 is 0 Å². The van der Waals surface area contributed by atoms with Crippen LogP contribution in [0.3, 0.4) is 0 Å². The van der Waals surface area contributed by atoms with Crippen LogP contribution in [-0.2, 0) is 0 Å². The maximum absolute atomic E-state index is 13.5. The highest BCUT2D eigenvalue weighted by atomic mass is 32.2. The molecule has 2 rings (SSSR count). The molecule has 0 spiro atoms. The van der Waals surface area contributed by atoms with Crippen LogP contribution in [0.4, 0.5) is 4.39 Å². The zero-order valence-corrected chi connectivity index (χ0v) is 11.3. The Labute approximate surface area is 112 Å². The van der Waals surface area contributed by atoms with Crippen molar-refractivity contribution in [3.05, 3.63) is 35.6 Å². The van der Waals surface area contributed by atoms with Crippen molar-refractivity contribution in [2.75, 3.05) is 31.1 Å². The summed E-state index contributed by atoms with van der Waals surface area (Å²) in [6.07, 6.45) is 1.12. The predicted molar refractivity (Wildman–Crippen MR) is 74.4 cm³/mol. The highest BCUT2D eigenvalue weighted by Gasteiger charge is 2.15. The lowest BCUT2D eigenvalue weighted by atomic mass is 10.1. The van der Waals surface area contributed by atoms with E-state index in [-0.39, 0.29) is 5.82 Å². The lowest BCUT2D eigenvalue weighted by Gasteiger charge is -2.21. The minimum atomic E-state index is -0.692. The third-order valence-electron chi connectivity index (χ3n) is 3.30. The number of nitrogens with zero attached hydrogens (tertiary/aromatic N) is 1. The lowest BCUT2D eigenvalue weighted by molar-refractivity contribution is 0.140. The summed E-state index contributed by atoms with van der Waals surface area (Å²) in [4.78, 5) is 2.37. The van der Waals surface area contributed by atoms with Gasteiger partial charge in [-0.2, -0.15) is 11.8 Å². The highest BCUT2D eigenvalue weighted by Crippen LogP contribution is 2.20. The van der Waals surface area contributed by atoms with Crippen molar-refractivity contribution in [2.24, 2.45) is 0 Å². The molecule has 18 heavy (non-hydrogen) atoms. The van der Waals surface area contributed by atoms with E-state index < -0.39 is 6.10 Å². The molecule has 1 heterocycles. The lowest BCUT2D eigenvalue weighted by Crippen LogP contribution is -2.28. The molecule has 1 aliphatic rings. The Morgan fingerprint density at radius 1 is 1.28 bits per heavy atom. The Bertz CT molecular complexity index is 367. The summed E-state index contributed by atoms with van der Waals surface area (Å²) in [5.74, 6) is 2.08. The molecule has 0 amide bonds. The van der Waals surface area contributed by atoms with E-state index in [1.165, 1.54) is 18.2 Å². The van der Waals surface area contributed by atoms with E-state index in [9.17, 15) is 9.50 Å². The minimum Gasteiger partial charge on any atom is -0.388 e. The summed E-state index contributed by atoms with van der Waals surface area (Å²) in [5.41, 5.74) is 0.418. The highest BCUT2D eigenvalue weighted by molar-refractivity contribution is 7.99. The van der Waals surface area contributed by atoms with E-state index in [1.54, 1.807) is 18.2 Å². The molecule has 1 saturated heterocycles. The molecule has 100 valence electrons. The number of aliphatic hydroxyl groups excluding tert-OH is 1. The first-order chi connectivity index (χ1) is 8.77. The van der Waals surface area contributed by atoms with Crippen LogP contribution in [0.5, 0.6) is 0 Å². The molecule has 1 aromatic rings. The summed E-state index contributed by atoms with van der Waals surface area (Å²) in [6.45, 7) is 3.02. The third kappa shape index (κ3) is 3.97. The average molecular weight is 269 g/mol. The van der Waals surface area contributed by atoms with Gasteiger partial charge in [-0.05, 0) is 31.2 Å². The van der Waals surface area contributed by atoms with Crippen LogP contribution in [0.25, 0.3) is 0 Å². The smallest absolute Gasteiger partial charge is 0.128 e. The molecular formula is C14H20FNOS. The number of hydrogen-bond donors (Lipinski definition) is 1. The molecule has 1 fully saturated rings. The second kappa shape index (κ2) is 7.12. The molecule has 1 aliphatic heterocycles. The van der Waals surface area contributed by atoms with Crippen LogP contribution in [0.15, 0.2) is 24.3 Å². The first kappa shape index (κ1) is 13.8. The van der Waals surface area contributed by atoms with Crippen molar-refractivity contribution in [1.82, 2.24) is 4.90 Å². The molecule has 0 radical (unpaired) electrons. The van der Waals surface area contributed by atoms with Crippen LogP contribution in [-0.4, -0.2) is 41.1 Å². The number of aliphatic hydroxyl groups is 1. The van der Waals surface area contributed by atoms with Crippen molar-refractivity contribution in [3.8, 4) is 0 Å². The Morgan fingerprint density at radius 3 is 2.94 bits per heavy atom. The van der Waals surface area contributed by atoms with E-state index in [0.29, 0.717) is 12.0 Å². The maximum atomic E-state index is 13.5. The fourth-order valence-corrected chi connectivity index (χ4v) is 3.15. The van der Waals surface area contributed by atoms with Gasteiger partial charge in [0.2, 0.25) is 0 Å². The van der Waals surface area contributed by atoms with Crippen LogP contribution in [0.2, 0.25) is 0 Å². The molecule has 1 aromatic carbocycles. The standard InChI is InChI=1S/C14H20FNOS/c15-13-5-2-1-4-12(13)14(17)6-8-16-7-3-10-18-11-9-16/h1-2,4-5,14,17H,3,6-11H2. The van der Waals surface area contributed by atoms with Gasteiger partial charge in [0.1, 0.15) is 5.82 Å². The van der Waals surface area contributed by atoms with Crippen LogP contribution < -0.4 is 0 Å². The molecule has 1 unspecified atom stereocenters. The topological polar surface area (TPSA) is 23.5 Å². The van der Waals surface area contributed by atoms with Gasteiger partial charge in [0.15, 0.2) is 0 Å². The SMILES string of the molecule is OC(CCN1CCCSCC1)c1ccccc1F. The second-order valence-corrected chi connectivity index (χ2v) is 5.86. The first-order valence-corrected chi connectivity index (χ1v) is 7.65. The molecule has 0 aliphatic carbocycles. The quantitative estimate of drug-likeness (QED) is 0.909. The average Bonchev–Trinajstić information content (AvgIpc) is 2.65. The van der Waals surface area contributed by atoms with E-state index in [4.69, 9.17) is 0 Å². The van der Waals surface area contributed by atoms with Gasteiger partial charge in [0, 0.05) is 24.4 Å². The molecule has 1 atom stereocenters. The zero-order valence-electron chi connectivity index (χ0n) is 10.5. The molecule has 1 N–H and O–H groups in total. The fourth-order valence-electron chi connectivity index (χ4n) is 2.23. The molecular weight excluding hydrogens is 249 g/mol. The summed E-state index contributed by atoms with van der Waals surface area (Å²) in [5, 5.41) is 10.0. The van der Waals surface area contributed by atoms with Crippen molar-refractivity contribution in [3.63, 3.8) is 0 Å². The number of thioether (sulfide) groups is 1. The van der Waals surface area contributed by atoms with Crippen molar-refractivity contribution in [1.29, 1.82) is 0 Å². The molecule has 0 aromatic heterocycles. The molecule has 0 bridgehead atoms. The van der Waals surface area contributed by atoms with Gasteiger partial charge in [0.25, 0.3) is 0 Å². The van der Waals surface area contributed by atoms with Gasteiger partial charge in [-0.3, -0.25) is 0 Å². The Balaban J connectivity index is 1.84. The van der Waals surface area contributed by atoms with Crippen LogP contribution in [0.1, 0.15) is 24.5 Å². The molecule has 0 saturated carbocycles. The zero-order chi connectivity index (χ0) is 12.8. The molecule has 4 heteroatoms. The van der Waals surface area contributed by atoms with E-state index in [0.717, 1.165) is 25.4 Å². The number of benzene rings is 1. The Hall–Kier alpha value is -0.580. The largest absolute Gasteiger partial charge is 0.388 e. The normalized spacial score (nSPS) is 19.4. The van der Waals surface area contributed by atoms with Gasteiger partial charge in [0.05, 0.1) is 6.10 Å². The van der Waals surface area contributed by atoms with Gasteiger partial charge in [-0.25, -0.2) is 4.39 Å². The Kier molecular flexibility index (Phi) is 5.47. The number of hydrogen-bond acceptors (Lipinski definition) is 3. The van der Waals surface area contributed by atoms with Crippen molar-refractivity contribution >= 4 is 11.8 Å². The van der Waals surface area contributed by atoms with E-state index >= 15 is 0 Å². The van der Waals surface area contributed by atoms with Crippen LogP contribution >= 0.6 is 11.8 Å². The Morgan fingerprint density at radius 2 is 2.11 bits per heavy atom. The van der Waals surface area contributed by atoms with Crippen molar-refractivity contribution in [2.45, 2.75) is 18.9 Å². The summed E-state index contributed by atoms with van der Waals surface area (Å²) < 4.78 is 13.5. The number of halogens is 1. The summed E-state index contributed by atoms with van der Waals surface area (Å²) in [7, 11) is 0. The fraction of sp³-hybridized carbons (Fsp3) is 0.571. The summed E-state index contributed by atoms with van der Waals surface area (Å²) in [6, 6.07) is 6.49. The molecule has 2 nitrogen and oxygen atoms in total. The maximum Gasteiger partial charge on any atom is 0.128 e. The van der Waals surface area contributed by atoms with Gasteiger partial charge < -0.3 is 10.0 Å². The number of rotatable bonds is 4. The van der Waals surface area contributed by atoms with Crippen LogP contribution in [0, 0.1) is 5.82 Å². The monoisotopic (exact) mass is 269 g/mol. The third-order valence-corrected chi connectivity index (χ3v) is 4.35. The predicted octanol–water partition coefficient (Wildman–Crippen LogP) is 2.69.